The number of amides is 1. The molecule has 0 aliphatic carbocycles. The van der Waals surface area contributed by atoms with E-state index in [1.807, 2.05) is 0 Å². The maximum atomic E-state index is 12.4. The SMILES string of the molecule is O=C(NCCc1cnc[nH]1)c1c[nH]c2ccc(Cl)cc2c1=O. The van der Waals surface area contributed by atoms with Gasteiger partial charge in [-0.2, -0.15) is 0 Å². The van der Waals surface area contributed by atoms with Crippen molar-refractivity contribution in [2.45, 2.75) is 6.42 Å². The quantitative estimate of drug-likeness (QED) is 0.686. The summed E-state index contributed by atoms with van der Waals surface area (Å²) in [5.41, 5.74) is 1.29. The molecule has 112 valence electrons. The Morgan fingerprint density at radius 1 is 1.32 bits per heavy atom. The van der Waals surface area contributed by atoms with E-state index in [4.69, 9.17) is 11.6 Å². The van der Waals surface area contributed by atoms with Gasteiger partial charge >= 0.3 is 0 Å². The van der Waals surface area contributed by atoms with Gasteiger partial charge in [0.25, 0.3) is 5.91 Å². The van der Waals surface area contributed by atoms with Crippen molar-refractivity contribution in [3.05, 3.63) is 63.4 Å². The zero-order valence-corrected chi connectivity index (χ0v) is 12.3. The van der Waals surface area contributed by atoms with Gasteiger partial charge in [0.05, 0.1) is 6.33 Å². The largest absolute Gasteiger partial charge is 0.360 e. The van der Waals surface area contributed by atoms with E-state index < -0.39 is 5.91 Å². The van der Waals surface area contributed by atoms with E-state index in [1.54, 1.807) is 30.7 Å². The molecular formula is C15H13ClN4O2. The molecule has 22 heavy (non-hydrogen) atoms. The zero-order valence-electron chi connectivity index (χ0n) is 11.5. The minimum absolute atomic E-state index is 0.0689. The molecule has 7 heteroatoms. The van der Waals surface area contributed by atoms with Gasteiger partial charge in [0.2, 0.25) is 5.43 Å². The highest BCUT2D eigenvalue weighted by Crippen LogP contribution is 2.15. The predicted octanol–water partition coefficient (Wildman–Crippen LogP) is 1.88. The molecule has 3 N–H and O–H groups in total. The molecular weight excluding hydrogens is 304 g/mol. The molecule has 0 atom stereocenters. The van der Waals surface area contributed by atoms with Crippen molar-refractivity contribution in [2.24, 2.45) is 0 Å². The summed E-state index contributed by atoms with van der Waals surface area (Å²) in [7, 11) is 0. The van der Waals surface area contributed by atoms with Crippen molar-refractivity contribution in [1.82, 2.24) is 20.3 Å². The Morgan fingerprint density at radius 3 is 2.95 bits per heavy atom. The number of pyridine rings is 1. The second-order valence-electron chi connectivity index (χ2n) is 4.80. The molecule has 1 aromatic carbocycles. The van der Waals surface area contributed by atoms with Crippen LogP contribution >= 0.6 is 11.6 Å². The molecule has 0 unspecified atom stereocenters. The molecule has 3 rings (SSSR count). The molecule has 2 heterocycles. The summed E-state index contributed by atoms with van der Waals surface area (Å²) in [4.78, 5) is 34.3. The monoisotopic (exact) mass is 316 g/mol. The van der Waals surface area contributed by atoms with Gasteiger partial charge in [0, 0.05) is 47.0 Å². The fraction of sp³-hybridized carbons (Fsp3) is 0.133. The van der Waals surface area contributed by atoms with Crippen LogP contribution in [0, 0.1) is 0 Å². The van der Waals surface area contributed by atoms with Crippen molar-refractivity contribution in [3.8, 4) is 0 Å². The Kier molecular flexibility index (Phi) is 3.93. The first-order valence-electron chi connectivity index (χ1n) is 6.71. The first-order chi connectivity index (χ1) is 10.6. The number of rotatable bonds is 4. The summed E-state index contributed by atoms with van der Waals surface area (Å²) < 4.78 is 0. The molecule has 0 radical (unpaired) electrons. The molecule has 6 nitrogen and oxygen atoms in total. The number of H-pyrrole nitrogens is 2. The van der Waals surface area contributed by atoms with Crippen molar-refractivity contribution in [2.75, 3.05) is 6.54 Å². The molecule has 0 fully saturated rings. The Bertz CT molecular complexity index is 871. The van der Waals surface area contributed by atoms with Gasteiger partial charge in [0.1, 0.15) is 5.56 Å². The second-order valence-corrected chi connectivity index (χ2v) is 5.24. The number of hydrogen-bond donors (Lipinski definition) is 3. The Morgan fingerprint density at radius 2 is 2.18 bits per heavy atom. The first kappa shape index (κ1) is 14.3. The maximum absolute atomic E-state index is 12.4. The summed E-state index contributed by atoms with van der Waals surface area (Å²) in [5.74, 6) is -0.414. The summed E-state index contributed by atoms with van der Waals surface area (Å²) >= 11 is 5.90. The third-order valence-corrected chi connectivity index (χ3v) is 3.56. The number of benzene rings is 1. The van der Waals surface area contributed by atoms with E-state index in [-0.39, 0.29) is 11.0 Å². The minimum atomic E-state index is -0.414. The maximum Gasteiger partial charge on any atom is 0.256 e. The second kappa shape index (κ2) is 6.03. The normalized spacial score (nSPS) is 10.8. The number of carbonyl (C=O) groups excluding carboxylic acids is 1. The van der Waals surface area contributed by atoms with Crippen LogP contribution in [0.2, 0.25) is 5.02 Å². The van der Waals surface area contributed by atoms with Crippen LogP contribution < -0.4 is 10.7 Å². The van der Waals surface area contributed by atoms with Gasteiger partial charge in [-0.25, -0.2) is 4.98 Å². The number of nitrogens with one attached hydrogen (secondary N) is 3. The van der Waals surface area contributed by atoms with Crippen molar-refractivity contribution >= 4 is 28.4 Å². The van der Waals surface area contributed by atoms with Crippen molar-refractivity contribution < 1.29 is 4.79 Å². The average molecular weight is 317 g/mol. The van der Waals surface area contributed by atoms with Gasteiger partial charge < -0.3 is 15.3 Å². The highest BCUT2D eigenvalue weighted by Gasteiger charge is 2.12. The minimum Gasteiger partial charge on any atom is -0.360 e. The third-order valence-electron chi connectivity index (χ3n) is 3.32. The summed E-state index contributed by atoms with van der Waals surface area (Å²) in [6.07, 6.45) is 5.30. The molecule has 0 saturated carbocycles. The lowest BCUT2D eigenvalue weighted by molar-refractivity contribution is 0.0953. The summed E-state index contributed by atoms with van der Waals surface area (Å²) in [6.45, 7) is 0.411. The van der Waals surface area contributed by atoms with E-state index in [9.17, 15) is 9.59 Å². The van der Waals surface area contributed by atoms with E-state index in [1.165, 1.54) is 6.20 Å². The Labute approximate surface area is 130 Å². The number of hydrogen-bond acceptors (Lipinski definition) is 3. The zero-order chi connectivity index (χ0) is 15.5. The van der Waals surface area contributed by atoms with Crippen LogP contribution in [0.15, 0.2) is 41.7 Å². The molecule has 0 aliphatic heterocycles. The number of imidazole rings is 1. The topological polar surface area (TPSA) is 90.6 Å². The smallest absolute Gasteiger partial charge is 0.256 e. The third kappa shape index (κ3) is 2.87. The van der Waals surface area contributed by atoms with E-state index >= 15 is 0 Å². The molecule has 3 aromatic rings. The molecule has 0 spiro atoms. The van der Waals surface area contributed by atoms with E-state index in [0.717, 1.165) is 5.69 Å². The van der Waals surface area contributed by atoms with E-state index in [0.29, 0.717) is 28.9 Å². The van der Waals surface area contributed by atoms with Crippen molar-refractivity contribution in [3.63, 3.8) is 0 Å². The molecule has 0 saturated heterocycles. The van der Waals surface area contributed by atoms with Crippen LogP contribution in [0.4, 0.5) is 0 Å². The van der Waals surface area contributed by atoms with Gasteiger partial charge in [-0.05, 0) is 18.2 Å². The highest BCUT2D eigenvalue weighted by molar-refractivity contribution is 6.31. The molecule has 0 bridgehead atoms. The number of nitrogens with zero attached hydrogens (tertiary/aromatic N) is 1. The van der Waals surface area contributed by atoms with Crippen LogP contribution in [0.1, 0.15) is 16.1 Å². The number of aromatic amines is 2. The van der Waals surface area contributed by atoms with Crippen LogP contribution in [0.5, 0.6) is 0 Å². The predicted molar refractivity (Wildman–Crippen MR) is 84.2 cm³/mol. The summed E-state index contributed by atoms with van der Waals surface area (Å²) in [6, 6.07) is 4.94. The first-order valence-corrected chi connectivity index (χ1v) is 7.09. The number of fused-ring (bicyclic) bond motifs is 1. The lowest BCUT2D eigenvalue weighted by atomic mass is 10.1. The number of carbonyl (C=O) groups is 1. The van der Waals surface area contributed by atoms with Crippen LogP contribution in [0.3, 0.4) is 0 Å². The number of halogens is 1. The van der Waals surface area contributed by atoms with Gasteiger partial charge in [-0.3, -0.25) is 9.59 Å². The lowest BCUT2D eigenvalue weighted by Gasteiger charge is -2.05. The Hall–Kier alpha value is -2.60. The van der Waals surface area contributed by atoms with Gasteiger partial charge in [-0.1, -0.05) is 11.6 Å². The van der Waals surface area contributed by atoms with Crippen LogP contribution in [-0.2, 0) is 6.42 Å². The standard InChI is InChI=1S/C15H13ClN4O2/c16-9-1-2-13-11(5-9)14(21)12(7-19-13)15(22)18-4-3-10-6-17-8-20-10/h1-2,5-8H,3-4H2,(H,17,20)(H,18,22)(H,19,21). The van der Waals surface area contributed by atoms with Crippen LogP contribution in [0.25, 0.3) is 10.9 Å². The van der Waals surface area contributed by atoms with Gasteiger partial charge in [-0.15, -0.1) is 0 Å². The fourth-order valence-electron chi connectivity index (χ4n) is 2.19. The van der Waals surface area contributed by atoms with Crippen LogP contribution in [-0.4, -0.2) is 27.4 Å². The van der Waals surface area contributed by atoms with Crippen molar-refractivity contribution in [1.29, 1.82) is 0 Å². The highest BCUT2D eigenvalue weighted by atomic mass is 35.5. The Balaban J connectivity index is 1.79. The average Bonchev–Trinajstić information content (AvgIpc) is 3.01. The molecule has 1 amide bonds. The fourth-order valence-corrected chi connectivity index (χ4v) is 2.36. The number of aromatic nitrogens is 3. The molecule has 2 aromatic heterocycles. The van der Waals surface area contributed by atoms with Gasteiger partial charge in [0.15, 0.2) is 0 Å². The molecule has 0 aliphatic rings. The van der Waals surface area contributed by atoms with E-state index in [2.05, 4.69) is 20.3 Å². The lowest BCUT2D eigenvalue weighted by Crippen LogP contribution is -2.30. The summed E-state index contributed by atoms with van der Waals surface area (Å²) in [5, 5.41) is 3.57.